The Morgan fingerprint density at radius 1 is 1.03 bits per heavy atom. The van der Waals surface area contributed by atoms with Gasteiger partial charge in [-0.25, -0.2) is 9.88 Å². The van der Waals surface area contributed by atoms with E-state index in [0.29, 0.717) is 40.1 Å². The molecule has 1 aromatic heterocycles. The van der Waals surface area contributed by atoms with Gasteiger partial charge in [0.25, 0.3) is 11.8 Å². The summed E-state index contributed by atoms with van der Waals surface area (Å²) in [6.07, 6.45) is 0.872. The van der Waals surface area contributed by atoms with Gasteiger partial charge in [0.2, 0.25) is 5.89 Å². The van der Waals surface area contributed by atoms with Gasteiger partial charge in [-0.15, -0.1) is 0 Å². The first-order chi connectivity index (χ1) is 16.9. The zero-order chi connectivity index (χ0) is 24.7. The standard InChI is InChI=1S/C25H25N5O5/c1-5-15-6-8-16(9-7-15)30-24(31)21-22(25(30)32)29(28-27-21)13-19-14(2)35-23(26-19)18-11-10-17(33-3)12-20(18)34-4/h6-12,21-22H,5,13H2,1-4H3. The number of ether oxygens (including phenoxy) is 2. The maximum absolute atomic E-state index is 13.3. The van der Waals surface area contributed by atoms with Gasteiger partial charge in [0.1, 0.15) is 23.0 Å². The van der Waals surface area contributed by atoms with Gasteiger partial charge in [0, 0.05) is 6.07 Å². The number of hydrogen-bond donors (Lipinski definition) is 0. The molecule has 2 aromatic carbocycles. The molecule has 0 saturated carbocycles. The summed E-state index contributed by atoms with van der Waals surface area (Å²) >= 11 is 0. The molecule has 5 rings (SSSR count). The Morgan fingerprint density at radius 2 is 1.80 bits per heavy atom. The van der Waals surface area contributed by atoms with Crippen LogP contribution in [0.15, 0.2) is 57.2 Å². The van der Waals surface area contributed by atoms with Crippen molar-refractivity contribution >= 4 is 17.5 Å². The highest BCUT2D eigenvalue weighted by Gasteiger charge is 2.54. The van der Waals surface area contributed by atoms with Crippen LogP contribution in [0.25, 0.3) is 11.5 Å². The monoisotopic (exact) mass is 475 g/mol. The number of carbonyl (C=O) groups excluding carboxylic acids is 2. The molecule has 2 amide bonds. The highest BCUT2D eigenvalue weighted by Crippen LogP contribution is 2.36. The van der Waals surface area contributed by atoms with Crippen molar-refractivity contribution in [2.24, 2.45) is 10.3 Å². The third-order valence-electron chi connectivity index (χ3n) is 6.30. The highest BCUT2D eigenvalue weighted by atomic mass is 16.5. The van der Waals surface area contributed by atoms with Crippen LogP contribution in [0.4, 0.5) is 5.69 Å². The topological polar surface area (TPSA) is 110 Å². The number of hydrogen-bond acceptors (Lipinski definition) is 9. The van der Waals surface area contributed by atoms with Gasteiger partial charge in [0.05, 0.1) is 32.0 Å². The van der Waals surface area contributed by atoms with Crippen molar-refractivity contribution < 1.29 is 23.5 Å². The third kappa shape index (κ3) is 3.80. The minimum Gasteiger partial charge on any atom is -0.497 e. The third-order valence-corrected chi connectivity index (χ3v) is 6.30. The lowest BCUT2D eigenvalue weighted by molar-refractivity contribution is -0.123. The fraction of sp³-hybridized carbons (Fsp3) is 0.320. The molecule has 0 aliphatic carbocycles. The Morgan fingerprint density at radius 3 is 2.49 bits per heavy atom. The van der Waals surface area contributed by atoms with Crippen LogP contribution in [0, 0.1) is 6.92 Å². The Kier molecular flexibility index (Phi) is 5.72. The summed E-state index contributed by atoms with van der Waals surface area (Å²) in [5, 5.41) is 9.73. The molecule has 2 atom stereocenters. The zero-order valence-electron chi connectivity index (χ0n) is 19.9. The van der Waals surface area contributed by atoms with Gasteiger partial charge in [-0.2, -0.15) is 5.11 Å². The minimum absolute atomic E-state index is 0.167. The van der Waals surface area contributed by atoms with Crippen molar-refractivity contribution in [1.82, 2.24) is 9.99 Å². The lowest BCUT2D eigenvalue weighted by Gasteiger charge is -2.20. The van der Waals surface area contributed by atoms with Gasteiger partial charge in [-0.1, -0.05) is 24.3 Å². The molecule has 3 heterocycles. The number of aryl methyl sites for hydroxylation is 2. The van der Waals surface area contributed by atoms with Gasteiger partial charge in [0.15, 0.2) is 12.1 Å². The van der Waals surface area contributed by atoms with Crippen molar-refractivity contribution in [3.8, 4) is 23.0 Å². The second kappa shape index (κ2) is 8.86. The molecule has 0 bridgehead atoms. The number of benzene rings is 2. The number of fused-ring (bicyclic) bond motifs is 1. The van der Waals surface area contributed by atoms with E-state index in [1.54, 1.807) is 51.5 Å². The first-order valence-electron chi connectivity index (χ1n) is 11.3. The van der Waals surface area contributed by atoms with Crippen molar-refractivity contribution in [2.75, 3.05) is 19.1 Å². The predicted molar refractivity (Wildman–Crippen MR) is 126 cm³/mol. The van der Waals surface area contributed by atoms with E-state index in [2.05, 4.69) is 15.3 Å². The summed E-state index contributed by atoms with van der Waals surface area (Å²) in [5.41, 5.74) is 2.91. The number of anilines is 1. The number of imide groups is 1. The van der Waals surface area contributed by atoms with Crippen LogP contribution < -0.4 is 14.4 Å². The number of amides is 2. The molecule has 35 heavy (non-hydrogen) atoms. The van der Waals surface area contributed by atoms with E-state index < -0.39 is 12.1 Å². The maximum atomic E-state index is 13.3. The average molecular weight is 476 g/mol. The molecule has 10 heteroatoms. The summed E-state index contributed by atoms with van der Waals surface area (Å²) in [4.78, 5) is 32.1. The van der Waals surface area contributed by atoms with Crippen LogP contribution in [-0.4, -0.2) is 48.1 Å². The van der Waals surface area contributed by atoms with E-state index >= 15 is 0 Å². The van der Waals surface area contributed by atoms with Crippen molar-refractivity contribution in [1.29, 1.82) is 0 Å². The van der Waals surface area contributed by atoms with Crippen LogP contribution in [-0.2, 0) is 22.6 Å². The van der Waals surface area contributed by atoms with Gasteiger partial charge in [-0.05, 0) is 43.2 Å². The van der Waals surface area contributed by atoms with Crippen molar-refractivity contribution in [2.45, 2.75) is 38.9 Å². The zero-order valence-corrected chi connectivity index (χ0v) is 19.9. The largest absolute Gasteiger partial charge is 0.497 e. The fourth-order valence-electron chi connectivity index (χ4n) is 4.31. The molecule has 3 aromatic rings. The summed E-state index contributed by atoms with van der Waals surface area (Å²) in [5.74, 6) is 1.41. The van der Waals surface area contributed by atoms with Crippen LogP contribution in [0.3, 0.4) is 0 Å². The summed E-state index contributed by atoms with van der Waals surface area (Å²) in [7, 11) is 3.14. The predicted octanol–water partition coefficient (Wildman–Crippen LogP) is 3.72. The number of carbonyl (C=O) groups is 2. The van der Waals surface area contributed by atoms with Gasteiger partial charge in [-0.3, -0.25) is 14.6 Å². The van der Waals surface area contributed by atoms with E-state index in [1.807, 2.05) is 19.1 Å². The molecule has 1 fully saturated rings. The molecule has 2 aliphatic heterocycles. The number of oxazole rings is 1. The van der Waals surface area contributed by atoms with Crippen molar-refractivity contribution in [3.63, 3.8) is 0 Å². The Labute approximate surface area is 202 Å². The first-order valence-corrected chi connectivity index (χ1v) is 11.3. The SMILES string of the molecule is CCc1ccc(N2C(=O)C3N=NN(Cc4nc(-c5ccc(OC)cc5OC)oc4C)C3C2=O)cc1. The molecule has 2 unspecified atom stereocenters. The number of methoxy groups -OCH3 is 2. The molecule has 2 aliphatic rings. The molecular formula is C25H25N5O5. The first kappa shape index (κ1) is 22.6. The van der Waals surface area contributed by atoms with Crippen LogP contribution in [0.1, 0.15) is 23.9 Å². The molecule has 1 saturated heterocycles. The second-order valence-electron chi connectivity index (χ2n) is 8.31. The molecule has 0 N–H and O–H groups in total. The van der Waals surface area contributed by atoms with E-state index in [0.717, 1.165) is 12.0 Å². The van der Waals surface area contributed by atoms with Crippen molar-refractivity contribution in [3.05, 3.63) is 59.5 Å². The number of rotatable bonds is 7. The fourth-order valence-corrected chi connectivity index (χ4v) is 4.31. The minimum atomic E-state index is -0.873. The number of aromatic nitrogens is 1. The van der Waals surface area contributed by atoms with Gasteiger partial charge >= 0.3 is 0 Å². The van der Waals surface area contributed by atoms with Crippen LogP contribution in [0.5, 0.6) is 11.5 Å². The average Bonchev–Trinajstić information content (AvgIpc) is 3.54. The van der Waals surface area contributed by atoms with E-state index in [-0.39, 0.29) is 18.4 Å². The number of nitrogens with zero attached hydrogens (tertiary/aromatic N) is 5. The summed E-state index contributed by atoms with van der Waals surface area (Å²) < 4.78 is 16.6. The van der Waals surface area contributed by atoms with Crippen LogP contribution in [0.2, 0.25) is 0 Å². The normalized spacial score (nSPS) is 19.0. The summed E-state index contributed by atoms with van der Waals surface area (Å²) in [6, 6.07) is 11.1. The molecule has 0 radical (unpaired) electrons. The van der Waals surface area contributed by atoms with E-state index in [9.17, 15) is 9.59 Å². The van der Waals surface area contributed by atoms with Gasteiger partial charge < -0.3 is 13.9 Å². The maximum Gasteiger partial charge on any atom is 0.263 e. The Bertz CT molecular complexity index is 1320. The van der Waals surface area contributed by atoms with Crippen LogP contribution >= 0.6 is 0 Å². The Hall–Kier alpha value is -4.21. The lowest BCUT2D eigenvalue weighted by atomic mass is 10.1. The second-order valence-corrected chi connectivity index (χ2v) is 8.31. The molecule has 10 nitrogen and oxygen atoms in total. The van der Waals surface area contributed by atoms with E-state index in [4.69, 9.17) is 13.9 Å². The van der Waals surface area contributed by atoms with E-state index in [1.165, 1.54) is 9.91 Å². The quantitative estimate of drug-likeness (QED) is 0.479. The lowest BCUT2D eigenvalue weighted by Crippen LogP contribution is -2.39. The molecule has 180 valence electrons. The molecular weight excluding hydrogens is 450 g/mol. The highest BCUT2D eigenvalue weighted by molar-refractivity contribution is 6.25. The molecule has 0 spiro atoms. The smallest absolute Gasteiger partial charge is 0.263 e. The summed E-state index contributed by atoms with van der Waals surface area (Å²) in [6.45, 7) is 4.00. The Balaban J connectivity index is 1.38.